The second-order valence-electron chi connectivity index (χ2n) is 3.23. The number of aryl methyl sites for hydroxylation is 2. The number of carbonyl (C=O) groups is 1. The number of hydrogen-bond acceptors (Lipinski definition) is 5. The normalized spacial score (nSPS) is 10.6. The van der Waals surface area contributed by atoms with Gasteiger partial charge in [0.1, 0.15) is 5.69 Å². The quantitative estimate of drug-likeness (QED) is 0.722. The van der Waals surface area contributed by atoms with Crippen LogP contribution in [0.25, 0.3) is 5.13 Å². The van der Waals surface area contributed by atoms with Crippen molar-refractivity contribution in [2.75, 3.05) is 0 Å². The third-order valence-corrected chi connectivity index (χ3v) is 3.29. The predicted molar refractivity (Wildman–Crippen MR) is 56.6 cm³/mol. The molecule has 0 aliphatic carbocycles. The lowest BCUT2D eigenvalue weighted by molar-refractivity contribution is 0.111. The van der Waals surface area contributed by atoms with Crippen LogP contribution in [0.5, 0.6) is 0 Å². The maximum absolute atomic E-state index is 10.6. The topological polar surface area (TPSA) is 60.7 Å². The van der Waals surface area contributed by atoms with Gasteiger partial charge in [-0.05, 0) is 20.8 Å². The van der Waals surface area contributed by atoms with Gasteiger partial charge in [0.15, 0.2) is 6.29 Å². The summed E-state index contributed by atoms with van der Waals surface area (Å²) in [5, 5.41) is 8.41. The molecule has 0 spiro atoms. The SMILES string of the molecule is Cc1nc(-n2nnc(C=O)c2C)sc1C. The van der Waals surface area contributed by atoms with Gasteiger partial charge in [0, 0.05) is 4.88 Å². The molecule has 78 valence electrons. The van der Waals surface area contributed by atoms with Crippen molar-refractivity contribution in [3.63, 3.8) is 0 Å². The van der Waals surface area contributed by atoms with Gasteiger partial charge in [-0.2, -0.15) is 4.68 Å². The molecule has 0 bridgehead atoms. The Hall–Kier alpha value is -1.56. The summed E-state index contributed by atoms with van der Waals surface area (Å²) in [7, 11) is 0. The molecule has 5 nitrogen and oxygen atoms in total. The molecular formula is C9H10N4OS. The highest BCUT2D eigenvalue weighted by molar-refractivity contribution is 7.14. The van der Waals surface area contributed by atoms with Crippen molar-refractivity contribution in [1.82, 2.24) is 20.0 Å². The molecular weight excluding hydrogens is 212 g/mol. The van der Waals surface area contributed by atoms with Crippen molar-refractivity contribution in [3.8, 4) is 5.13 Å². The zero-order valence-corrected chi connectivity index (χ0v) is 9.50. The molecule has 0 radical (unpaired) electrons. The lowest BCUT2D eigenvalue weighted by atomic mass is 10.4. The molecule has 2 aromatic heterocycles. The van der Waals surface area contributed by atoms with Gasteiger partial charge in [0.25, 0.3) is 0 Å². The molecule has 2 heterocycles. The first kappa shape index (κ1) is 9.97. The molecule has 15 heavy (non-hydrogen) atoms. The van der Waals surface area contributed by atoms with E-state index in [0.717, 1.165) is 21.4 Å². The van der Waals surface area contributed by atoms with Gasteiger partial charge in [-0.15, -0.1) is 5.10 Å². The van der Waals surface area contributed by atoms with Gasteiger partial charge in [-0.25, -0.2) is 4.98 Å². The fourth-order valence-electron chi connectivity index (χ4n) is 1.18. The maximum atomic E-state index is 10.6. The minimum atomic E-state index is 0.362. The largest absolute Gasteiger partial charge is 0.296 e. The second-order valence-corrected chi connectivity index (χ2v) is 4.41. The molecule has 0 saturated heterocycles. The molecule has 0 aliphatic heterocycles. The number of thiazole rings is 1. The van der Waals surface area contributed by atoms with Crippen LogP contribution in [0.1, 0.15) is 26.8 Å². The molecule has 0 unspecified atom stereocenters. The smallest absolute Gasteiger partial charge is 0.212 e. The summed E-state index contributed by atoms with van der Waals surface area (Å²) in [4.78, 5) is 16.1. The Kier molecular flexibility index (Phi) is 2.36. The number of nitrogens with zero attached hydrogens (tertiary/aromatic N) is 4. The van der Waals surface area contributed by atoms with Gasteiger partial charge in [-0.3, -0.25) is 4.79 Å². The molecule has 2 aromatic rings. The Morgan fingerprint density at radius 3 is 2.53 bits per heavy atom. The fourth-order valence-corrected chi connectivity index (χ4v) is 2.09. The molecule has 0 amide bonds. The highest BCUT2D eigenvalue weighted by Gasteiger charge is 2.12. The Morgan fingerprint density at radius 1 is 1.33 bits per heavy atom. The van der Waals surface area contributed by atoms with Crippen molar-refractivity contribution in [2.45, 2.75) is 20.8 Å². The number of aromatic nitrogens is 4. The van der Waals surface area contributed by atoms with Crippen LogP contribution in [0.4, 0.5) is 0 Å². The van der Waals surface area contributed by atoms with E-state index in [1.807, 2.05) is 13.8 Å². The van der Waals surface area contributed by atoms with Crippen molar-refractivity contribution >= 4 is 17.6 Å². The van der Waals surface area contributed by atoms with Crippen LogP contribution in [0.2, 0.25) is 0 Å². The summed E-state index contributed by atoms with van der Waals surface area (Å²) in [5.74, 6) is 0. The molecule has 0 fully saturated rings. The molecule has 0 aromatic carbocycles. The Balaban J connectivity index is 2.54. The highest BCUT2D eigenvalue weighted by atomic mass is 32.1. The fraction of sp³-hybridized carbons (Fsp3) is 0.333. The molecule has 0 saturated carbocycles. The van der Waals surface area contributed by atoms with Crippen molar-refractivity contribution < 1.29 is 4.79 Å². The van der Waals surface area contributed by atoms with Gasteiger partial charge in [0.05, 0.1) is 11.4 Å². The van der Waals surface area contributed by atoms with E-state index in [1.165, 1.54) is 11.3 Å². The Bertz CT molecular complexity index is 495. The van der Waals surface area contributed by atoms with Crippen LogP contribution in [-0.2, 0) is 0 Å². The van der Waals surface area contributed by atoms with Crippen LogP contribution >= 0.6 is 11.3 Å². The first-order valence-electron chi connectivity index (χ1n) is 4.45. The predicted octanol–water partition coefficient (Wildman–Crippen LogP) is 1.46. The van der Waals surface area contributed by atoms with Gasteiger partial charge in [0.2, 0.25) is 5.13 Å². The first-order valence-corrected chi connectivity index (χ1v) is 5.27. The van der Waals surface area contributed by atoms with E-state index >= 15 is 0 Å². The van der Waals surface area contributed by atoms with Crippen LogP contribution in [0, 0.1) is 20.8 Å². The van der Waals surface area contributed by atoms with Crippen molar-refractivity contribution in [3.05, 3.63) is 22.0 Å². The highest BCUT2D eigenvalue weighted by Crippen LogP contribution is 2.20. The summed E-state index contributed by atoms with van der Waals surface area (Å²) in [5.41, 5.74) is 2.07. The summed E-state index contributed by atoms with van der Waals surface area (Å²) in [6, 6.07) is 0. The molecule has 0 N–H and O–H groups in total. The van der Waals surface area contributed by atoms with Crippen molar-refractivity contribution in [2.24, 2.45) is 0 Å². The monoisotopic (exact) mass is 222 g/mol. The zero-order chi connectivity index (χ0) is 11.0. The third-order valence-electron chi connectivity index (χ3n) is 2.24. The second kappa shape index (κ2) is 3.54. The van der Waals surface area contributed by atoms with E-state index in [4.69, 9.17) is 0 Å². The van der Waals surface area contributed by atoms with Gasteiger partial charge in [-0.1, -0.05) is 16.6 Å². The summed E-state index contributed by atoms with van der Waals surface area (Å²) >= 11 is 1.54. The summed E-state index contributed by atoms with van der Waals surface area (Å²) < 4.78 is 1.59. The summed E-state index contributed by atoms with van der Waals surface area (Å²) in [6.45, 7) is 5.75. The minimum absolute atomic E-state index is 0.362. The standard InChI is InChI=1S/C9H10N4OS/c1-5-7(3)15-9(10-5)13-6(2)8(4-14)11-12-13/h4H,1-3H3. The van der Waals surface area contributed by atoms with E-state index in [1.54, 1.807) is 11.6 Å². The van der Waals surface area contributed by atoms with Crippen LogP contribution < -0.4 is 0 Å². The van der Waals surface area contributed by atoms with Crippen LogP contribution in [0.15, 0.2) is 0 Å². The molecule has 2 rings (SSSR count). The molecule has 0 atom stereocenters. The first-order chi connectivity index (χ1) is 7.13. The average molecular weight is 222 g/mol. The van der Waals surface area contributed by atoms with Gasteiger partial charge >= 0.3 is 0 Å². The van der Waals surface area contributed by atoms with E-state index in [-0.39, 0.29) is 0 Å². The van der Waals surface area contributed by atoms with Crippen LogP contribution in [0.3, 0.4) is 0 Å². The number of aldehydes is 1. The lowest BCUT2D eigenvalue weighted by Gasteiger charge is -1.95. The van der Waals surface area contributed by atoms with E-state index < -0.39 is 0 Å². The Morgan fingerprint density at radius 2 is 2.07 bits per heavy atom. The number of hydrogen-bond donors (Lipinski definition) is 0. The van der Waals surface area contributed by atoms with Crippen LogP contribution in [-0.4, -0.2) is 26.3 Å². The number of carbonyl (C=O) groups excluding carboxylic acids is 1. The molecule has 0 aliphatic rings. The Labute approximate surface area is 90.8 Å². The maximum Gasteiger partial charge on any atom is 0.212 e. The zero-order valence-electron chi connectivity index (χ0n) is 8.68. The number of rotatable bonds is 2. The minimum Gasteiger partial charge on any atom is -0.296 e. The van der Waals surface area contributed by atoms with Gasteiger partial charge < -0.3 is 0 Å². The third kappa shape index (κ3) is 1.56. The van der Waals surface area contributed by atoms with Crippen molar-refractivity contribution in [1.29, 1.82) is 0 Å². The van der Waals surface area contributed by atoms with E-state index in [9.17, 15) is 4.79 Å². The molecule has 6 heteroatoms. The van der Waals surface area contributed by atoms with E-state index in [2.05, 4.69) is 15.3 Å². The average Bonchev–Trinajstić information content (AvgIpc) is 2.71. The summed E-state index contributed by atoms with van der Waals surface area (Å²) in [6.07, 6.45) is 0.701. The van der Waals surface area contributed by atoms with E-state index in [0.29, 0.717) is 12.0 Å². The lowest BCUT2D eigenvalue weighted by Crippen LogP contribution is -1.98.